The maximum atomic E-state index is 5.91. The highest BCUT2D eigenvalue weighted by molar-refractivity contribution is 8.18. The smallest absolute Gasteiger partial charge is 0.161 e. The molecule has 0 aliphatic carbocycles. The molecule has 0 amide bonds. The molecule has 0 bridgehead atoms. The third-order valence-corrected chi connectivity index (χ3v) is 7.19. The van der Waals surface area contributed by atoms with E-state index in [1.54, 1.807) is 14.2 Å². The number of benzene rings is 1. The first kappa shape index (κ1) is 16.2. The van der Waals surface area contributed by atoms with Gasteiger partial charge in [0.25, 0.3) is 0 Å². The van der Waals surface area contributed by atoms with E-state index in [-0.39, 0.29) is 4.08 Å². The van der Waals surface area contributed by atoms with Crippen molar-refractivity contribution in [1.29, 1.82) is 0 Å². The highest BCUT2D eigenvalue weighted by Gasteiger charge is 2.35. The standard InChI is InChI=1S/C15H21ClO2S2/c1-17-13-6-5-12(11-14(13)18-2)15(7-3-8-16)19-9-4-10-20-15/h5-6,11H,3-4,7-10H2,1-2H3. The normalized spacial score (nSPS) is 17.8. The van der Waals surface area contributed by atoms with Crippen LogP contribution in [0, 0.1) is 0 Å². The van der Waals surface area contributed by atoms with Crippen LogP contribution in [0.4, 0.5) is 0 Å². The number of rotatable bonds is 6. The molecule has 0 N–H and O–H groups in total. The molecule has 1 saturated heterocycles. The highest BCUT2D eigenvalue weighted by atomic mass is 35.5. The molecule has 20 heavy (non-hydrogen) atoms. The van der Waals surface area contributed by atoms with Gasteiger partial charge in [-0.3, -0.25) is 0 Å². The molecular formula is C15H21ClO2S2. The zero-order valence-corrected chi connectivity index (χ0v) is 14.4. The monoisotopic (exact) mass is 332 g/mol. The molecule has 112 valence electrons. The van der Waals surface area contributed by atoms with E-state index in [9.17, 15) is 0 Å². The van der Waals surface area contributed by atoms with Crippen molar-refractivity contribution in [3.8, 4) is 11.5 Å². The average Bonchev–Trinajstić information content (AvgIpc) is 2.53. The van der Waals surface area contributed by atoms with Crippen molar-refractivity contribution < 1.29 is 9.47 Å². The van der Waals surface area contributed by atoms with E-state index in [1.807, 2.05) is 29.6 Å². The van der Waals surface area contributed by atoms with E-state index < -0.39 is 0 Å². The Kier molecular flexibility index (Phi) is 6.24. The summed E-state index contributed by atoms with van der Waals surface area (Å²) in [5.41, 5.74) is 1.31. The molecule has 0 aromatic heterocycles. The van der Waals surface area contributed by atoms with E-state index >= 15 is 0 Å². The van der Waals surface area contributed by atoms with Crippen LogP contribution in [-0.4, -0.2) is 31.6 Å². The molecule has 2 rings (SSSR count). The SMILES string of the molecule is COc1ccc(C2(CCCCl)SCCCS2)cc1OC. The number of methoxy groups -OCH3 is 2. The van der Waals surface area contributed by atoms with E-state index in [0.29, 0.717) is 0 Å². The van der Waals surface area contributed by atoms with Gasteiger partial charge in [0.15, 0.2) is 11.5 Å². The fraction of sp³-hybridized carbons (Fsp3) is 0.600. The van der Waals surface area contributed by atoms with Gasteiger partial charge >= 0.3 is 0 Å². The molecule has 0 saturated carbocycles. The lowest BCUT2D eigenvalue weighted by atomic mass is 10.1. The lowest BCUT2D eigenvalue weighted by molar-refractivity contribution is 0.354. The van der Waals surface area contributed by atoms with Crippen molar-refractivity contribution in [2.24, 2.45) is 0 Å². The van der Waals surface area contributed by atoms with Gasteiger partial charge in [-0.05, 0) is 48.5 Å². The van der Waals surface area contributed by atoms with E-state index in [4.69, 9.17) is 21.1 Å². The Hall–Kier alpha value is -0.190. The summed E-state index contributed by atoms with van der Waals surface area (Å²) in [6.45, 7) is 0. The van der Waals surface area contributed by atoms with Gasteiger partial charge < -0.3 is 9.47 Å². The third-order valence-electron chi connectivity index (χ3n) is 3.42. The Bertz CT molecular complexity index is 434. The summed E-state index contributed by atoms with van der Waals surface area (Å²) in [4.78, 5) is 0. The van der Waals surface area contributed by atoms with Gasteiger partial charge in [-0.1, -0.05) is 6.07 Å². The van der Waals surface area contributed by atoms with Crippen molar-refractivity contribution in [2.75, 3.05) is 31.6 Å². The van der Waals surface area contributed by atoms with Crippen LogP contribution in [0.2, 0.25) is 0 Å². The average molecular weight is 333 g/mol. The van der Waals surface area contributed by atoms with Crippen molar-refractivity contribution in [1.82, 2.24) is 0 Å². The Labute approximate surface area is 134 Å². The van der Waals surface area contributed by atoms with Gasteiger partial charge in [0, 0.05) is 5.88 Å². The highest BCUT2D eigenvalue weighted by Crippen LogP contribution is 2.54. The van der Waals surface area contributed by atoms with Crippen molar-refractivity contribution in [3.05, 3.63) is 23.8 Å². The van der Waals surface area contributed by atoms with Gasteiger partial charge in [0.1, 0.15) is 0 Å². The van der Waals surface area contributed by atoms with Gasteiger partial charge in [-0.15, -0.1) is 35.1 Å². The first-order valence-electron chi connectivity index (χ1n) is 6.82. The topological polar surface area (TPSA) is 18.5 Å². The molecule has 0 unspecified atom stereocenters. The first-order valence-corrected chi connectivity index (χ1v) is 9.32. The molecule has 1 heterocycles. The zero-order chi connectivity index (χ0) is 14.4. The molecule has 1 fully saturated rings. The van der Waals surface area contributed by atoms with Crippen LogP contribution in [0.1, 0.15) is 24.8 Å². The molecular weight excluding hydrogens is 312 g/mol. The van der Waals surface area contributed by atoms with Gasteiger partial charge in [-0.25, -0.2) is 0 Å². The zero-order valence-electron chi connectivity index (χ0n) is 12.0. The minimum absolute atomic E-state index is 0.118. The molecule has 0 atom stereocenters. The van der Waals surface area contributed by atoms with Gasteiger partial charge in [0.05, 0.1) is 18.3 Å². The molecule has 1 aromatic rings. The fourth-order valence-corrected chi connectivity index (χ4v) is 5.95. The number of alkyl halides is 1. The molecule has 1 aliphatic heterocycles. The van der Waals surface area contributed by atoms with Gasteiger partial charge in [0.2, 0.25) is 0 Å². The quantitative estimate of drug-likeness (QED) is 0.700. The van der Waals surface area contributed by atoms with E-state index in [0.717, 1.165) is 30.2 Å². The molecule has 0 radical (unpaired) electrons. The van der Waals surface area contributed by atoms with E-state index in [2.05, 4.69) is 12.1 Å². The second-order valence-corrected chi connectivity index (χ2v) is 8.09. The van der Waals surface area contributed by atoms with Crippen LogP contribution >= 0.6 is 35.1 Å². The predicted molar refractivity (Wildman–Crippen MR) is 90.7 cm³/mol. The lowest BCUT2D eigenvalue weighted by Crippen LogP contribution is -2.23. The maximum absolute atomic E-state index is 5.91. The van der Waals surface area contributed by atoms with Crippen LogP contribution in [0.3, 0.4) is 0 Å². The summed E-state index contributed by atoms with van der Waals surface area (Å²) < 4.78 is 10.9. The van der Waals surface area contributed by atoms with E-state index in [1.165, 1.54) is 23.5 Å². The summed E-state index contributed by atoms with van der Waals surface area (Å²) in [5, 5.41) is 0. The largest absolute Gasteiger partial charge is 0.493 e. The van der Waals surface area contributed by atoms with Crippen LogP contribution < -0.4 is 9.47 Å². The number of hydrogen-bond donors (Lipinski definition) is 0. The Morgan fingerprint density at radius 2 is 1.85 bits per heavy atom. The Balaban J connectivity index is 2.32. The second-order valence-electron chi connectivity index (χ2n) is 4.67. The molecule has 0 spiro atoms. The number of halogens is 1. The summed E-state index contributed by atoms with van der Waals surface area (Å²) in [6.07, 6.45) is 3.42. The minimum Gasteiger partial charge on any atom is -0.493 e. The van der Waals surface area contributed by atoms with Crippen molar-refractivity contribution in [3.63, 3.8) is 0 Å². The van der Waals surface area contributed by atoms with Crippen LogP contribution in [0.5, 0.6) is 11.5 Å². The second kappa shape index (κ2) is 7.71. The number of thioether (sulfide) groups is 2. The first-order chi connectivity index (χ1) is 9.75. The summed E-state index contributed by atoms with van der Waals surface area (Å²) in [7, 11) is 3.36. The molecule has 1 aromatic carbocycles. The van der Waals surface area contributed by atoms with Gasteiger partial charge in [-0.2, -0.15) is 0 Å². The van der Waals surface area contributed by atoms with Crippen molar-refractivity contribution in [2.45, 2.75) is 23.3 Å². The lowest BCUT2D eigenvalue weighted by Gasteiger charge is -2.37. The summed E-state index contributed by atoms with van der Waals surface area (Å²) in [6, 6.07) is 6.30. The summed E-state index contributed by atoms with van der Waals surface area (Å²) in [5.74, 6) is 4.74. The summed E-state index contributed by atoms with van der Waals surface area (Å²) >= 11 is 10.0. The predicted octanol–water partition coefficient (Wildman–Crippen LogP) is 4.75. The number of hydrogen-bond acceptors (Lipinski definition) is 4. The third kappa shape index (κ3) is 3.52. The number of ether oxygens (including phenoxy) is 2. The Morgan fingerprint density at radius 3 is 2.45 bits per heavy atom. The van der Waals surface area contributed by atoms with Crippen LogP contribution in [0.15, 0.2) is 18.2 Å². The molecule has 2 nitrogen and oxygen atoms in total. The molecule has 5 heteroatoms. The van der Waals surface area contributed by atoms with Crippen LogP contribution in [-0.2, 0) is 4.08 Å². The van der Waals surface area contributed by atoms with Crippen molar-refractivity contribution >= 4 is 35.1 Å². The Morgan fingerprint density at radius 1 is 1.15 bits per heavy atom. The maximum Gasteiger partial charge on any atom is 0.161 e. The molecule has 1 aliphatic rings. The fourth-order valence-electron chi connectivity index (χ4n) is 2.40. The minimum atomic E-state index is 0.118. The van der Waals surface area contributed by atoms with Crippen LogP contribution in [0.25, 0.3) is 0 Å².